The van der Waals surface area contributed by atoms with Crippen LogP contribution in [0.1, 0.15) is 10.4 Å². The molecule has 1 aromatic heterocycles. The molecule has 0 saturated heterocycles. The molecule has 0 radical (unpaired) electrons. The van der Waals surface area contributed by atoms with E-state index in [9.17, 15) is 9.90 Å². The number of aromatic nitrogens is 1. The number of benzene rings is 2. The van der Waals surface area contributed by atoms with E-state index in [0.29, 0.717) is 21.6 Å². The van der Waals surface area contributed by atoms with E-state index >= 15 is 0 Å². The monoisotopic (exact) mass is 283 g/mol. The zero-order valence-electron chi connectivity index (χ0n) is 10.4. The van der Waals surface area contributed by atoms with Crippen molar-refractivity contribution >= 4 is 28.5 Å². The van der Waals surface area contributed by atoms with Crippen LogP contribution in [0.4, 0.5) is 0 Å². The Morgan fingerprint density at radius 3 is 2.50 bits per heavy atom. The van der Waals surface area contributed by atoms with Crippen molar-refractivity contribution in [2.45, 2.75) is 0 Å². The van der Waals surface area contributed by atoms with Crippen molar-refractivity contribution in [3.05, 3.63) is 65.2 Å². The van der Waals surface area contributed by atoms with Gasteiger partial charge in [-0.05, 0) is 24.3 Å². The second-order valence-electron chi connectivity index (χ2n) is 4.39. The lowest BCUT2D eigenvalue weighted by molar-refractivity contribution is 0.0699. The van der Waals surface area contributed by atoms with E-state index in [1.165, 1.54) is 0 Å². The molecule has 3 nitrogen and oxygen atoms in total. The third-order valence-corrected chi connectivity index (χ3v) is 3.31. The molecule has 4 heteroatoms. The van der Waals surface area contributed by atoms with Crippen molar-refractivity contribution in [2.24, 2.45) is 0 Å². The van der Waals surface area contributed by atoms with Gasteiger partial charge in [0.25, 0.3) is 0 Å². The van der Waals surface area contributed by atoms with Gasteiger partial charge in [-0.2, -0.15) is 0 Å². The average Bonchev–Trinajstić information content (AvgIpc) is 2.47. The number of aromatic carboxylic acids is 1. The minimum Gasteiger partial charge on any atom is -0.478 e. The third kappa shape index (κ3) is 2.24. The van der Waals surface area contributed by atoms with E-state index in [2.05, 4.69) is 4.98 Å². The first-order valence-electron chi connectivity index (χ1n) is 6.04. The second-order valence-corrected chi connectivity index (χ2v) is 4.82. The largest absolute Gasteiger partial charge is 0.478 e. The summed E-state index contributed by atoms with van der Waals surface area (Å²) in [5.74, 6) is -0.989. The maximum atomic E-state index is 11.4. The number of hydrogen-bond donors (Lipinski definition) is 1. The number of fused-ring (bicyclic) bond motifs is 1. The molecule has 0 amide bonds. The van der Waals surface area contributed by atoms with Gasteiger partial charge >= 0.3 is 5.97 Å². The number of nitrogens with zero attached hydrogens (tertiary/aromatic N) is 1. The van der Waals surface area contributed by atoms with Gasteiger partial charge in [0.05, 0.1) is 16.8 Å². The van der Waals surface area contributed by atoms with Crippen LogP contribution in [-0.4, -0.2) is 16.1 Å². The van der Waals surface area contributed by atoms with Gasteiger partial charge < -0.3 is 5.11 Å². The van der Waals surface area contributed by atoms with E-state index < -0.39 is 5.97 Å². The number of pyridine rings is 1. The molecular formula is C16H10ClNO2. The van der Waals surface area contributed by atoms with E-state index in [1.54, 1.807) is 24.3 Å². The molecule has 2 aromatic carbocycles. The zero-order valence-corrected chi connectivity index (χ0v) is 11.1. The number of halogens is 1. The molecule has 0 aliphatic rings. The van der Waals surface area contributed by atoms with Crippen molar-refractivity contribution < 1.29 is 9.90 Å². The van der Waals surface area contributed by atoms with Crippen molar-refractivity contribution in [1.29, 1.82) is 0 Å². The molecule has 0 atom stereocenters. The maximum absolute atomic E-state index is 11.4. The van der Waals surface area contributed by atoms with Gasteiger partial charge in [-0.1, -0.05) is 41.9 Å². The highest BCUT2D eigenvalue weighted by Gasteiger charge is 2.13. The molecule has 98 valence electrons. The lowest BCUT2D eigenvalue weighted by atomic mass is 10.0. The fourth-order valence-electron chi connectivity index (χ4n) is 2.13. The Kier molecular flexibility index (Phi) is 3.12. The van der Waals surface area contributed by atoms with Crippen LogP contribution in [-0.2, 0) is 0 Å². The minimum atomic E-state index is -0.989. The molecule has 0 unspecified atom stereocenters. The van der Waals surface area contributed by atoms with Crippen LogP contribution in [0.15, 0.2) is 54.6 Å². The highest BCUT2D eigenvalue weighted by Crippen LogP contribution is 2.26. The quantitative estimate of drug-likeness (QED) is 0.765. The van der Waals surface area contributed by atoms with Crippen LogP contribution >= 0.6 is 11.6 Å². The Morgan fingerprint density at radius 2 is 1.80 bits per heavy atom. The van der Waals surface area contributed by atoms with Gasteiger partial charge in [-0.25, -0.2) is 9.78 Å². The van der Waals surface area contributed by atoms with Crippen LogP contribution in [0.3, 0.4) is 0 Å². The van der Waals surface area contributed by atoms with Crippen LogP contribution in [0.2, 0.25) is 5.02 Å². The summed E-state index contributed by atoms with van der Waals surface area (Å²) in [4.78, 5) is 15.9. The van der Waals surface area contributed by atoms with Gasteiger partial charge in [-0.3, -0.25) is 0 Å². The molecule has 0 fully saturated rings. The fourth-order valence-corrected chi connectivity index (χ4v) is 2.30. The highest BCUT2D eigenvalue weighted by atomic mass is 35.5. The molecule has 3 aromatic rings. The number of carboxylic acids is 1. The SMILES string of the molecule is O=C(O)c1cc(-c2ccccc2)nc2ccc(Cl)cc12. The number of carbonyl (C=O) groups is 1. The smallest absolute Gasteiger partial charge is 0.336 e. The fraction of sp³-hybridized carbons (Fsp3) is 0. The summed E-state index contributed by atoms with van der Waals surface area (Å²) >= 11 is 5.93. The predicted octanol–water partition coefficient (Wildman–Crippen LogP) is 4.25. The van der Waals surface area contributed by atoms with Crippen molar-refractivity contribution in [3.8, 4) is 11.3 Å². The van der Waals surface area contributed by atoms with E-state index in [-0.39, 0.29) is 5.56 Å². The van der Waals surface area contributed by atoms with E-state index in [0.717, 1.165) is 5.56 Å². The van der Waals surface area contributed by atoms with Crippen molar-refractivity contribution in [2.75, 3.05) is 0 Å². The van der Waals surface area contributed by atoms with Gasteiger partial charge in [-0.15, -0.1) is 0 Å². The van der Waals surface area contributed by atoms with Crippen molar-refractivity contribution in [1.82, 2.24) is 4.98 Å². The predicted molar refractivity (Wildman–Crippen MR) is 79.1 cm³/mol. The standard InChI is InChI=1S/C16H10ClNO2/c17-11-6-7-14-12(8-11)13(16(19)20)9-15(18-14)10-4-2-1-3-5-10/h1-9H,(H,19,20). The second kappa shape index (κ2) is 4.94. The van der Waals surface area contributed by atoms with E-state index in [1.807, 2.05) is 30.3 Å². The topological polar surface area (TPSA) is 50.2 Å². The molecule has 1 N–H and O–H groups in total. The Balaban J connectivity index is 2.32. The Hall–Kier alpha value is -2.39. The van der Waals surface area contributed by atoms with Crippen molar-refractivity contribution in [3.63, 3.8) is 0 Å². The highest BCUT2D eigenvalue weighted by molar-refractivity contribution is 6.31. The minimum absolute atomic E-state index is 0.205. The van der Waals surface area contributed by atoms with Crippen LogP contribution in [0.25, 0.3) is 22.2 Å². The summed E-state index contributed by atoms with van der Waals surface area (Å²) in [7, 11) is 0. The lowest BCUT2D eigenvalue weighted by Gasteiger charge is -2.07. The van der Waals surface area contributed by atoms with Crippen LogP contribution in [0, 0.1) is 0 Å². The van der Waals surface area contributed by atoms with Gasteiger partial charge in [0.1, 0.15) is 0 Å². The molecule has 0 aliphatic carbocycles. The van der Waals surface area contributed by atoms with Crippen LogP contribution < -0.4 is 0 Å². The molecule has 0 saturated carbocycles. The van der Waals surface area contributed by atoms with Gasteiger partial charge in [0.15, 0.2) is 0 Å². The first-order valence-corrected chi connectivity index (χ1v) is 6.42. The normalized spacial score (nSPS) is 10.7. The van der Waals surface area contributed by atoms with E-state index in [4.69, 9.17) is 11.6 Å². The van der Waals surface area contributed by atoms with Crippen LogP contribution in [0.5, 0.6) is 0 Å². The average molecular weight is 284 g/mol. The molecule has 20 heavy (non-hydrogen) atoms. The first kappa shape index (κ1) is 12.6. The molecule has 0 aliphatic heterocycles. The third-order valence-electron chi connectivity index (χ3n) is 3.07. The molecular weight excluding hydrogens is 274 g/mol. The number of rotatable bonds is 2. The van der Waals surface area contributed by atoms with Gasteiger partial charge in [0.2, 0.25) is 0 Å². The summed E-state index contributed by atoms with van der Waals surface area (Å²) in [6.45, 7) is 0. The molecule has 0 bridgehead atoms. The number of hydrogen-bond acceptors (Lipinski definition) is 2. The summed E-state index contributed by atoms with van der Waals surface area (Å²) in [6, 6.07) is 16.1. The lowest BCUT2D eigenvalue weighted by Crippen LogP contribution is -2.00. The Morgan fingerprint density at radius 1 is 1.05 bits per heavy atom. The maximum Gasteiger partial charge on any atom is 0.336 e. The Bertz CT molecular complexity index is 800. The Labute approximate surface area is 120 Å². The summed E-state index contributed by atoms with van der Waals surface area (Å²) < 4.78 is 0. The van der Waals surface area contributed by atoms with Gasteiger partial charge in [0, 0.05) is 16.0 Å². The summed E-state index contributed by atoms with van der Waals surface area (Å²) in [5, 5.41) is 10.4. The zero-order chi connectivity index (χ0) is 14.1. The molecule has 3 rings (SSSR count). The number of carboxylic acid groups (broad SMARTS) is 1. The molecule has 0 spiro atoms. The first-order chi connectivity index (χ1) is 9.65. The molecule has 1 heterocycles. The summed E-state index contributed by atoms with van der Waals surface area (Å²) in [6.07, 6.45) is 0. The summed E-state index contributed by atoms with van der Waals surface area (Å²) in [5.41, 5.74) is 2.34.